The van der Waals surface area contributed by atoms with E-state index < -0.39 is 6.36 Å². The largest absolute Gasteiger partial charge is 0.522 e. The molecule has 0 heterocycles. The van der Waals surface area contributed by atoms with Gasteiger partial charge in [-0.25, -0.2) is 0 Å². The molecule has 110 valence electrons. The molecule has 0 atom stereocenters. The van der Waals surface area contributed by atoms with Gasteiger partial charge in [-0.1, -0.05) is 59.3 Å². The summed E-state index contributed by atoms with van der Waals surface area (Å²) in [5.74, 6) is 0. The van der Waals surface area contributed by atoms with Crippen LogP contribution >= 0.6 is 0 Å². The Bertz CT molecular complexity index is 172. The van der Waals surface area contributed by atoms with E-state index in [1.165, 1.54) is 25.7 Å². The lowest BCUT2D eigenvalue weighted by molar-refractivity contribution is -0.324. The van der Waals surface area contributed by atoms with Crippen molar-refractivity contribution >= 4 is 0 Å². The molecule has 0 spiro atoms. The van der Waals surface area contributed by atoms with Crippen molar-refractivity contribution in [2.75, 3.05) is 6.61 Å². The predicted molar refractivity (Wildman–Crippen MR) is 68.4 cm³/mol. The molecular weight excluding hydrogens is 241 g/mol. The van der Waals surface area contributed by atoms with Gasteiger partial charge < -0.3 is 0 Å². The fraction of sp³-hybridized carbons (Fsp3) is 1.00. The van der Waals surface area contributed by atoms with Crippen molar-refractivity contribution in [3.05, 3.63) is 0 Å². The van der Waals surface area contributed by atoms with Gasteiger partial charge in [0.15, 0.2) is 0 Å². The lowest BCUT2D eigenvalue weighted by atomic mass is 9.89. The summed E-state index contributed by atoms with van der Waals surface area (Å²) in [6.45, 7) is 6.53. The molecule has 18 heavy (non-hydrogen) atoms. The maximum atomic E-state index is 11.6. The van der Waals surface area contributed by atoms with Gasteiger partial charge in [0.2, 0.25) is 0 Å². The summed E-state index contributed by atoms with van der Waals surface area (Å²) in [7, 11) is 0. The van der Waals surface area contributed by atoms with E-state index in [1.54, 1.807) is 0 Å². The third-order valence-electron chi connectivity index (χ3n) is 2.84. The highest BCUT2D eigenvalue weighted by atomic mass is 19.4. The van der Waals surface area contributed by atoms with Gasteiger partial charge in [0.05, 0.1) is 6.61 Å². The molecule has 0 amide bonds. The van der Waals surface area contributed by atoms with E-state index in [1.807, 2.05) is 0 Å². The van der Waals surface area contributed by atoms with Gasteiger partial charge >= 0.3 is 6.36 Å². The highest BCUT2D eigenvalue weighted by Gasteiger charge is 2.28. The molecule has 0 aromatic heterocycles. The molecule has 1 nitrogen and oxygen atoms in total. The van der Waals surface area contributed by atoms with Crippen molar-refractivity contribution in [2.45, 2.75) is 78.5 Å². The van der Waals surface area contributed by atoms with Crippen LogP contribution in [0.2, 0.25) is 0 Å². The van der Waals surface area contributed by atoms with E-state index >= 15 is 0 Å². The molecule has 0 aliphatic carbocycles. The number of ether oxygens (including phenoxy) is 1. The lowest BCUT2D eigenvalue weighted by Gasteiger charge is -2.17. The van der Waals surface area contributed by atoms with E-state index in [9.17, 15) is 13.2 Å². The topological polar surface area (TPSA) is 9.23 Å². The molecule has 0 saturated carbocycles. The summed E-state index contributed by atoms with van der Waals surface area (Å²) in [6.07, 6.45) is 3.91. The molecule has 0 radical (unpaired) electrons. The molecule has 0 fully saturated rings. The van der Waals surface area contributed by atoms with Gasteiger partial charge in [-0.2, -0.15) is 0 Å². The Labute approximate surface area is 109 Å². The van der Waals surface area contributed by atoms with E-state index in [-0.39, 0.29) is 6.61 Å². The van der Waals surface area contributed by atoms with Crippen molar-refractivity contribution in [1.29, 1.82) is 0 Å². The average molecular weight is 268 g/mol. The highest BCUT2D eigenvalue weighted by Crippen LogP contribution is 2.22. The Morgan fingerprint density at radius 3 is 1.61 bits per heavy atom. The van der Waals surface area contributed by atoms with Crippen LogP contribution in [0.5, 0.6) is 0 Å². The van der Waals surface area contributed by atoms with Gasteiger partial charge in [0.25, 0.3) is 0 Å². The molecule has 0 N–H and O–H groups in total. The van der Waals surface area contributed by atoms with Crippen molar-refractivity contribution in [3.8, 4) is 0 Å². The van der Waals surface area contributed by atoms with Crippen molar-refractivity contribution in [2.24, 2.45) is 5.41 Å². The van der Waals surface area contributed by atoms with Gasteiger partial charge in [-0.3, -0.25) is 4.74 Å². The van der Waals surface area contributed by atoms with Crippen LogP contribution < -0.4 is 0 Å². The Morgan fingerprint density at radius 2 is 1.17 bits per heavy atom. The van der Waals surface area contributed by atoms with E-state index in [0.29, 0.717) is 11.8 Å². The predicted octanol–water partition coefficient (Wildman–Crippen LogP) is 5.69. The monoisotopic (exact) mass is 268 g/mol. The molecule has 0 aromatic rings. The SMILES string of the molecule is CC(C)(C)CCCCCCCCCOC(F)(F)F. The maximum Gasteiger partial charge on any atom is 0.522 e. The first-order valence-corrected chi connectivity index (χ1v) is 6.91. The normalized spacial score (nSPS) is 13.0. The second-order valence-electron chi connectivity index (χ2n) is 6.08. The molecule has 0 rings (SSSR count). The van der Waals surface area contributed by atoms with E-state index in [2.05, 4.69) is 25.5 Å². The number of hydrogen-bond donors (Lipinski definition) is 0. The minimum Gasteiger partial charge on any atom is -0.292 e. The van der Waals surface area contributed by atoms with Crippen molar-refractivity contribution < 1.29 is 17.9 Å². The van der Waals surface area contributed by atoms with Crippen LogP contribution in [0, 0.1) is 5.41 Å². The third kappa shape index (κ3) is 15.8. The first-order chi connectivity index (χ1) is 8.21. The quantitative estimate of drug-likeness (QED) is 0.488. The Morgan fingerprint density at radius 1 is 0.722 bits per heavy atom. The van der Waals surface area contributed by atoms with E-state index in [0.717, 1.165) is 19.3 Å². The summed E-state index contributed by atoms with van der Waals surface area (Å²) in [4.78, 5) is 0. The van der Waals surface area contributed by atoms with Crippen LogP contribution in [0.4, 0.5) is 13.2 Å². The Balaban J connectivity index is 3.13. The van der Waals surface area contributed by atoms with Crippen LogP contribution in [-0.4, -0.2) is 13.0 Å². The minimum absolute atomic E-state index is 0.201. The number of alkyl halides is 3. The minimum atomic E-state index is -4.47. The smallest absolute Gasteiger partial charge is 0.292 e. The molecule has 0 unspecified atom stereocenters. The molecule has 0 saturated heterocycles. The van der Waals surface area contributed by atoms with Crippen LogP contribution in [0.15, 0.2) is 0 Å². The summed E-state index contributed by atoms with van der Waals surface area (Å²) in [5.41, 5.74) is 0.412. The van der Waals surface area contributed by atoms with Gasteiger partial charge in [-0.15, -0.1) is 13.2 Å². The van der Waals surface area contributed by atoms with Crippen LogP contribution in [0.1, 0.15) is 72.1 Å². The zero-order chi connectivity index (χ0) is 14.1. The van der Waals surface area contributed by atoms with Crippen LogP contribution in [0.25, 0.3) is 0 Å². The lowest BCUT2D eigenvalue weighted by Crippen LogP contribution is -2.13. The average Bonchev–Trinajstić information content (AvgIpc) is 2.17. The van der Waals surface area contributed by atoms with E-state index in [4.69, 9.17) is 0 Å². The van der Waals surface area contributed by atoms with Crippen molar-refractivity contribution in [1.82, 2.24) is 0 Å². The fourth-order valence-electron chi connectivity index (χ4n) is 1.83. The first kappa shape index (κ1) is 17.8. The number of halogens is 3. The summed E-state index contributed by atoms with van der Waals surface area (Å²) >= 11 is 0. The Kier molecular flexibility index (Phi) is 8.66. The number of unbranched alkanes of at least 4 members (excludes halogenated alkanes) is 6. The third-order valence-corrected chi connectivity index (χ3v) is 2.84. The molecule has 0 aromatic carbocycles. The van der Waals surface area contributed by atoms with Gasteiger partial charge in [0, 0.05) is 0 Å². The number of hydrogen-bond acceptors (Lipinski definition) is 1. The van der Waals surface area contributed by atoms with Gasteiger partial charge in [0.1, 0.15) is 0 Å². The highest BCUT2D eigenvalue weighted by molar-refractivity contribution is 4.61. The maximum absolute atomic E-state index is 11.6. The standard InChI is InChI=1S/C14H27F3O/c1-13(2,3)11-9-7-5-4-6-8-10-12-18-14(15,16)17/h4-12H2,1-3H3. The molecule has 0 aliphatic rings. The van der Waals surface area contributed by atoms with Crippen LogP contribution in [0.3, 0.4) is 0 Å². The molecule has 0 aliphatic heterocycles. The first-order valence-electron chi connectivity index (χ1n) is 6.91. The summed E-state index contributed by atoms with van der Waals surface area (Å²) < 4.78 is 38.6. The zero-order valence-electron chi connectivity index (χ0n) is 11.9. The van der Waals surface area contributed by atoms with Crippen molar-refractivity contribution in [3.63, 3.8) is 0 Å². The summed E-state index contributed by atoms with van der Waals surface area (Å²) in [6, 6.07) is 0. The second-order valence-corrected chi connectivity index (χ2v) is 6.08. The van der Waals surface area contributed by atoms with Gasteiger partial charge in [-0.05, 0) is 18.3 Å². The summed E-state index contributed by atoms with van der Waals surface area (Å²) in [5, 5.41) is 0. The molecular formula is C14H27F3O. The Hall–Kier alpha value is -0.250. The number of rotatable bonds is 9. The second kappa shape index (κ2) is 8.78. The zero-order valence-corrected chi connectivity index (χ0v) is 11.9. The molecule has 0 bridgehead atoms. The fourth-order valence-corrected chi connectivity index (χ4v) is 1.83. The molecule has 4 heteroatoms. The van der Waals surface area contributed by atoms with Crippen LogP contribution in [-0.2, 0) is 4.74 Å².